The van der Waals surface area contributed by atoms with E-state index in [1.54, 1.807) is 19.6 Å². The summed E-state index contributed by atoms with van der Waals surface area (Å²) in [5.74, 6) is 0.835. The number of likely N-dealkylation sites (tertiary alicyclic amines) is 1. The number of amides is 2. The summed E-state index contributed by atoms with van der Waals surface area (Å²) in [6.45, 7) is 3.52. The van der Waals surface area contributed by atoms with Crippen molar-refractivity contribution in [3.8, 4) is 5.75 Å². The van der Waals surface area contributed by atoms with Gasteiger partial charge in [0, 0.05) is 31.5 Å². The minimum atomic E-state index is 0.000864. The summed E-state index contributed by atoms with van der Waals surface area (Å²) in [5, 5.41) is 3.10. The van der Waals surface area contributed by atoms with Crippen molar-refractivity contribution >= 4 is 6.03 Å². The Labute approximate surface area is 142 Å². The molecule has 1 N–H and O–H groups in total. The normalized spacial score (nSPS) is 18.4. The maximum atomic E-state index is 12.7. The van der Waals surface area contributed by atoms with Crippen LogP contribution in [0.25, 0.3) is 0 Å². The van der Waals surface area contributed by atoms with E-state index in [0.717, 1.165) is 30.7 Å². The van der Waals surface area contributed by atoms with Crippen LogP contribution in [0.3, 0.4) is 0 Å². The molecule has 0 spiro atoms. The Hall–Kier alpha value is -2.50. The van der Waals surface area contributed by atoms with Gasteiger partial charge in [0.2, 0.25) is 0 Å². The highest BCUT2D eigenvalue weighted by Gasteiger charge is 2.30. The molecular weight excluding hydrogens is 304 g/mol. The minimum Gasteiger partial charge on any atom is -0.497 e. The average molecular weight is 328 g/mol. The molecule has 2 heterocycles. The van der Waals surface area contributed by atoms with E-state index in [0.29, 0.717) is 6.54 Å². The molecule has 1 aliphatic heterocycles. The van der Waals surface area contributed by atoms with Crippen LogP contribution in [0.1, 0.15) is 31.4 Å². The van der Waals surface area contributed by atoms with Gasteiger partial charge >= 0.3 is 6.03 Å². The van der Waals surface area contributed by atoms with E-state index in [-0.39, 0.29) is 18.1 Å². The fraction of sp³-hybridized carbons (Fsp3) is 0.444. The third kappa shape index (κ3) is 3.69. The van der Waals surface area contributed by atoms with Crippen molar-refractivity contribution in [1.29, 1.82) is 0 Å². The molecule has 128 valence electrons. The van der Waals surface area contributed by atoms with E-state index in [4.69, 9.17) is 4.74 Å². The van der Waals surface area contributed by atoms with Crippen LogP contribution < -0.4 is 10.1 Å². The van der Waals surface area contributed by atoms with Crippen LogP contribution in [0.15, 0.2) is 43.0 Å². The first-order valence-corrected chi connectivity index (χ1v) is 8.34. The van der Waals surface area contributed by atoms with Gasteiger partial charge in [-0.3, -0.25) is 0 Å². The number of urea groups is 1. The first-order chi connectivity index (χ1) is 11.7. The lowest BCUT2D eigenvalue weighted by Gasteiger charge is -2.27. The van der Waals surface area contributed by atoms with Gasteiger partial charge in [-0.25, -0.2) is 9.78 Å². The molecule has 6 nitrogen and oxygen atoms in total. The van der Waals surface area contributed by atoms with Crippen LogP contribution in [0.5, 0.6) is 5.75 Å². The van der Waals surface area contributed by atoms with Crippen molar-refractivity contribution in [2.24, 2.45) is 0 Å². The predicted molar refractivity (Wildman–Crippen MR) is 91.9 cm³/mol. The number of rotatable bonds is 5. The Balaban J connectivity index is 1.62. The minimum absolute atomic E-state index is 0.000864. The lowest BCUT2D eigenvalue weighted by atomic mass is 10.0. The van der Waals surface area contributed by atoms with Crippen molar-refractivity contribution in [3.05, 3.63) is 48.5 Å². The second-order valence-corrected chi connectivity index (χ2v) is 6.23. The van der Waals surface area contributed by atoms with Crippen molar-refractivity contribution < 1.29 is 9.53 Å². The topological polar surface area (TPSA) is 59.4 Å². The molecule has 0 bridgehead atoms. The number of imidazole rings is 1. The second-order valence-electron chi connectivity index (χ2n) is 6.23. The number of benzene rings is 1. The molecule has 0 saturated carbocycles. The number of aromatic nitrogens is 2. The second kappa shape index (κ2) is 7.38. The Bertz CT molecular complexity index is 654. The quantitative estimate of drug-likeness (QED) is 0.918. The maximum Gasteiger partial charge on any atom is 0.318 e. The molecule has 6 heteroatoms. The molecular formula is C18H24N4O2. The SMILES string of the molecule is COc1ccc([C@H]2CCCN2C(=O)N[C@H](C)Cn2ccnc2)cc1. The van der Waals surface area contributed by atoms with Gasteiger partial charge in [0.15, 0.2) is 0 Å². The smallest absolute Gasteiger partial charge is 0.318 e. The summed E-state index contributed by atoms with van der Waals surface area (Å²) >= 11 is 0. The van der Waals surface area contributed by atoms with Crippen molar-refractivity contribution in [2.45, 2.75) is 38.4 Å². The summed E-state index contributed by atoms with van der Waals surface area (Å²) in [6.07, 6.45) is 7.43. The first-order valence-electron chi connectivity index (χ1n) is 8.34. The number of ether oxygens (including phenoxy) is 1. The summed E-state index contributed by atoms with van der Waals surface area (Å²) in [6, 6.07) is 8.17. The van der Waals surface area contributed by atoms with E-state index >= 15 is 0 Å². The molecule has 2 atom stereocenters. The molecule has 0 aliphatic carbocycles. The molecule has 1 fully saturated rings. The van der Waals surface area contributed by atoms with Crippen LogP contribution >= 0.6 is 0 Å². The number of hydrogen-bond acceptors (Lipinski definition) is 3. The molecule has 0 unspecified atom stereocenters. The van der Waals surface area contributed by atoms with E-state index < -0.39 is 0 Å². The van der Waals surface area contributed by atoms with E-state index in [1.165, 1.54) is 0 Å². The molecule has 3 rings (SSSR count). The highest BCUT2D eigenvalue weighted by molar-refractivity contribution is 5.75. The zero-order valence-electron chi connectivity index (χ0n) is 14.2. The zero-order valence-corrected chi connectivity index (χ0v) is 14.2. The molecule has 0 radical (unpaired) electrons. The molecule has 1 aromatic carbocycles. The largest absolute Gasteiger partial charge is 0.497 e. The fourth-order valence-electron chi connectivity index (χ4n) is 3.23. The van der Waals surface area contributed by atoms with Gasteiger partial charge in [-0.2, -0.15) is 0 Å². The Kier molecular flexibility index (Phi) is 5.03. The molecule has 1 aromatic heterocycles. The number of carbonyl (C=O) groups is 1. The van der Waals surface area contributed by atoms with Crippen LogP contribution in [0.4, 0.5) is 4.79 Å². The number of nitrogens with zero attached hydrogens (tertiary/aromatic N) is 3. The third-order valence-electron chi connectivity index (χ3n) is 4.43. The van der Waals surface area contributed by atoms with Gasteiger partial charge in [0.05, 0.1) is 19.5 Å². The summed E-state index contributed by atoms with van der Waals surface area (Å²) in [4.78, 5) is 18.6. The Morgan fingerprint density at radius 1 is 1.42 bits per heavy atom. The third-order valence-corrected chi connectivity index (χ3v) is 4.43. The molecule has 2 aromatic rings. The maximum absolute atomic E-state index is 12.7. The zero-order chi connectivity index (χ0) is 16.9. The summed E-state index contributed by atoms with van der Waals surface area (Å²) in [5.41, 5.74) is 1.16. The predicted octanol–water partition coefficient (Wildman–Crippen LogP) is 2.83. The summed E-state index contributed by atoms with van der Waals surface area (Å²) in [7, 11) is 1.66. The highest BCUT2D eigenvalue weighted by atomic mass is 16.5. The van der Waals surface area contributed by atoms with Crippen molar-refractivity contribution in [1.82, 2.24) is 19.8 Å². The number of carbonyl (C=O) groups excluding carboxylic acids is 1. The van der Waals surface area contributed by atoms with Crippen LogP contribution in [-0.2, 0) is 6.54 Å². The monoisotopic (exact) mass is 328 g/mol. The van der Waals surface area contributed by atoms with Crippen LogP contribution in [0, 0.1) is 0 Å². The van der Waals surface area contributed by atoms with Crippen LogP contribution in [0.2, 0.25) is 0 Å². The van der Waals surface area contributed by atoms with Gasteiger partial charge < -0.3 is 19.5 Å². The molecule has 1 saturated heterocycles. The molecule has 2 amide bonds. The molecule has 1 aliphatic rings. The van der Waals surface area contributed by atoms with Gasteiger partial charge in [-0.15, -0.1) is 0 Å². The standard InChI is InChI=1S/C18H24N4O2/c1-14(12-21-11-9-19-13-21)20-18(23)22-10-3-4-17(22)15-5-7-16(24-2)8-6-15/h5-9,11,13-14,17H,3-4,10,12H2,1-2H3,(H,20,23)/t14-,17-/m1/s1. The van der Waals surface area contributed by atoms with E-state index in [1.807, 2.05) is 46.9 Å². The number of hydrogen-bond donors (Lipinski definition) is 1. The number of methoxy groups -OCH3 is 1. The van der Waals surface area contributed by atoms with Gasteiger partial charge in [0.1, 0.15) is 5.75 Å². The molecule has 24 heavy (non-hydrogen) atoms. The Morgan fingerprint density at radius 2 is 2.21 bits per heavy atom. The van der Waals surface area contributed by atoms with Gasteiger partial charge in [0.25, 0.3) is 0 Å². The van der Waals surface area contributed by atoms with Gasteiger partial charge in [-0.1, -0.05) is 12.1 Å². The fourth-order valence-corrected chi connectivity index (χ4v) is 3.23. The first kappa shape index (κ1) is 16.4. The van der Waals surface area contributed by atoms with Crippen molar-refractivity contribution in [3.63, 3.8) is 0 Å². The average Bonchev–Trinajstić information content (AvgIpc) is 3.26. The van der Waals surface area contributed by atoms with E-state index in [2.05, 4.69) is 10.3 Å². The Morgan fingerprint density at radius 3 is 2.88 bits per heavy atom. The van der Waals surface area contributed by atoms with Gasteiger partial charge in [-0.05, 0) is 37.5 Å². The van der Waals surface area contributed by atoms with Crippen molar-refractivity contribution in [2.75, 3.05) is 13.7 Å². The number of nitrogens with one attached hydrogen (secondary N) is 1. The highest BCUT2D eigenvalue weighted by Crippen LogP contribution is 2.32. The lowest BCUT2D eigenvalue weighted by Crippen LogP contribution is -2.44. The lowest BCUT2D eigenvalue weighted by molar-refractivity contribution is 0.188. The summed E-state index contributed by atoms with van der Waals surface area (Å²) < 4.78 is 7.18. The van der Waals surface area contributed by atoms with Crippen LogP contribution in [-0.4, -0.2) is 40.2 Å². The van der Waals surface area contributed by atoms with E-state index in [9.17, 15) is 4.79 Å².